The quantitative estimate of drug-likeness (QED) is 0.733. The van der Waals surface area contributed by atoms with Gasteiger partial charge in [-0.15, -0.1) is 0 Å². The Morgan fingerprint density at radius 3 is 2.84 bits per heavy atom. The van der Waals surface area contributed by atoms with E-state index in [-0.39, 0.29) is 24.7 Å². The summed E-state index contributed by atoms with van der Waals surface area (Å²) in [5, 5.41) is 7.22. The molecular formula is C23H25ClFN3O3. The Hall–Kier alpha value is -2.48. The first kappa shape index (κ1) is 21.7. The van der Waals surface area contributed by atoms with Gasteiger partial charge in [0.05, 0.1) is 18.8 Å². The summed E-state index contributed by atoms with van der Waals surface area (Å²) >= 11 is 6.35. The summed E-state index contributed by atoms with van der Waals surface area (Å²) in [7, 11) is 0. The van der Waals surface area contributed by atoms with Gasteiger partial charge in [0.2, 0.25) is 0 Å². The highest BCUT2D eigenvalue weighted by atomic mass is 35.5. The third kappa shape index (κ3) is 5.06. The van der Waals surface area contributed by atoms with E-state index in [1.807, 2.05) is 37.3 Å². The number of ether oxygens (including phenoxy) is 1. The molecule has 2 aliphatic rings. The Morgan fingerprint density at radius 1 is 1.29 bits per heavy atom. The van der Waals surface area contributed by atoms with Crippen LogP contribution in [0.5, 0.6) is 0 Å². The molecule has 0 aliphatic carbocycles. The van der Waals surface area contributed by atoms with Crippen LogP contribution in [-0.2, 0) is 14.4 Å². The van der Waals surface area contributed by atoms with E-state index in [0.29, 0.717) is 42.4 Å². The summed E-state index contributed by atoms with van der Waals surface area (Å²) in [5.74, 6) is -0.714. The average Bonchev–Trinajstić information content (AvgIpc) is 3.27. The fourth-order valence-corrected chi connectivity index (χ4v) is 4.31. The summed E-state index contributed by atoms with van der Waals surface area (Å²) < 4.78 is 20.3. The number of hydrogen-bond donors (Lipinski definition) is 1. The molecule has 0 bridgehead atoms. The number of benzene rings is 2. The van der Waals surface area contributed by atoms with Gasteiger partial charge in [-0.05, 0) is 24.6 Å². The first-order chi connectivity index (χ1) is 15.0. The van der Waals surface area contributed by atoms with Gasteiger partial charge in [-0.2, -0.15) is 0 Å². The molecule has 2 aromatic rings. The number of nitrogens with zero attached hydrogens (tertiary/aromatic N) is 2. The highest BCUT2D eigenvalue weighted by Crippen LogP contribution is 2.31. The topological polar surface area (TPSA) is 63.2 Å². The van der Waals surface area contributed by atoms with Crippen molar-refractivity contribution in [3.05, 3.63) is 70.5 Å². The van der Waals surface area contributed by atoms with E-state index in [2.05, 4.69) is 15.4 Å². The maximum absolute atomic E-state index is 14.7. The third-order valence-electron chi connectivity index (χ3n) is 5.60. The van der Waals surface area contributed by atoms with Crippen LogP contribution < -0.4 is 5.32 Å². The van der Waals surface area contributed by atoms with Gasteiger partial charge in [0.25, 0.3) is 5.91 Å². The lowest BCUT2D eigenvalue weighted by Crippen LogP contribution is -2.47. The molecule has 2 aromatic carbocycles. The van der Waals surface area contributed by atoms with Crippen LogP contribution in [0.15, 0.2) is 53.7 Å². The highest BCUT2D eigenvalue weighted by Gasteiger charge is 2.31. The minimum Gasteiger partial charge on any atom is -0.387 e. The molecule has 164 valence electrons. The number of oxime groups is 1. The van der Waals surface area contributed by atoms with Crippen molar-refractivity contribution >= 4 is 23.2 Å². The molecule has 1 amide bonds. The molecule has 4 rings (SSSR count). The molecule has 0 aromatic heterocycles. The summed E-state index contributed by atoms with van der Waals surface area (Å²) in [6.45, 7) is 3.94. The number of carbonyl (C=O) groups is 1. The van der Waals surface area contributed by atoms with Crippen LogP contribution in [0, 0.1) is 5.82 Å². The Labute approximate surface area is 186 Å². The van der Waals surface area contributed by atoms with Crippen molar-refractivity contribution in [2.75, 3.05) is 26.2 Å². The lowest BCUT2D eigenvalue weighted by molar-refractivity contribution is -0.115. The zero-order valence-electron chi connectivity index (χ0n) is 17.3. The fourth-order valence-electron chi connectivity index (χ4n) is 4.02. The van der Waals surface area contributed by atoms with E-state index in [1.54, 1.807) is 12.1 Å². The van der Waals surface area contributed by atoms with E-state index in [4.69, 9.17) is 21.2 Å². The smallest absolute Gasteiger partial charge is 0.269 e. The SMILES string of the molecule is C[C@@H]1CN([C@@H](CNC(=O)C2=NO[C@H](c3ccccc3)C2)c2c(F)cccc2Cl)CCO1. The molecule has 2 heterocycles. The number of hydrogen-bond acceptors (Lipinski definition) is 5. The van der Waals surface area contributed by atoms with E-state index >= 15 is 0 Å². The van der Waals surface area contributed by atoms with E-state index in [0.717, 1.165) is 5.56 Å². The number of rotatable bonds is 6. The van der Waals surface area contributed by atoms with Crippen LogP contribution in [-0.4, -0.2) is 48.9 Å². The van der Waals surface area contributed by atoms with Crippen molar-refractivity contribution in [1.82, 2.24) is 10.2 Å². The molecule has 0 spiro atoms. The number of halogens is 2. The first-order valence-corrected chi connectivity index (χ1v) is 10.8. The molecule has 2 aliphatic heterocycles. The average molecular weight is 446 g/mol. The van der Waals surface area contributed by atoms with Crippen molar-refractivity contribution in [1.29, 1.82) is 0 Å². The van der Waals surface area contributed by atoms with Crippen LogP contribution in [0.1, 0.15) is 36.6 Å². The molecule has 3 atom stereocenters. The van der Waals surface area contributed by atoms with Crippen molar-refractivity contribution < 1.29 is 18.8 Å². The van der Waals surface area contributed by atoms with Gasteiger partial charge >= 0.3 is 0 Å². The second-order valence-electron chi connectivity index (χ2n) is 7.78. The molecule has 8 heteroatoms. The number of morpholine rings is 1. The minimum absolute atomic E-state index is 0.0109. The lowest BCUT2D eigenvalue weighted by atomic mass is 10.0. The van der Waals surface area contributed by atoms with E-state index in [1.165, 1.54) is 6.07 Å². The minimum atomic E-state index is -0.420. The molecule has 1 saturated heterocycles. The van der Waals surface area contributed by atoms with Gasteiger partial charge in [-0.1, -0.05) is 53.2 Å². The maximum Gasteiger partial charge on any atom is 0.269 e. The Balaban J connectivity index is 1.46. The largest absolute Gasteiger partial charge is 0.387 e. The first-order valence-electron chi connectivity index (χ1n) is 10.4. The van der Waals surface area contributed by atoms with Crippen LogP contribution in [0.4, 0.5) is 4.39 Å². The number of nitrogens with one attached hydrogen (secondary N) is 1. The zero-order valence-corrected chi connectivity index (χ0v) is 18.0. The molecule has 0 saturated carbocycles. The Bertz CT molecular complexity index is 936. The van der Waals surface area contributed by atoms with Crippen molar-refractivity contribution in [3.8, 4) is 0 Å². The standard InChI is InChI=1S/C23H25ClFN3O3/c1-15-14-28(10-11-30-15)20(22-17(24)8-5-9-18(22)25)13-26-23(29)19-12-21(31-27-19)16-6-3-2-4-7-16/h2-9,15,20-21H,10-14H2,1H3,(H,26,29)/t15-,20+,21+/m1/s1. The normalized spacial score (nSPS) is 22.5. The van der Waals surface area contributed by atoms with E-state index in [9.17, 15) is 9.18 Å². The zero-order chi connectivity index (χ0) is 21.8. The monoisotopic (exact) mass is 445 g/mol. The molecule has 31 heavy (non-hydrogen) atoms. The van der Waals surface area contributed by atoms with Crippen LogP contribution in [0.2, 0.25) is 5.02 Å². The maximum atomic E-state index is 14.7. The van der Waals surface area contributed by atoms with Crippen molar-refractivity contribution in [2.45, 2.75) is 31.6 Å². The van der Waals surface area contributed by atoms with Crippen LogP contribution >= 0.6 is 11.6 Å². The third-order valence-corrected chi connectivity index (χ3v) is 5.93. The second kappa shape index (κ2) is 9.77. The van der Waals surface area contributed by atoms with Crippen molar-refractivity contribution in [3.63, 3.8) is 0 Å². The van der Waals surface area contributed by atoms with Gasteiger partial charge in [-0.25, -0.2) is 4.39 Å². The summed E-state index contributed by atoms with van der Waals surface area (Å²) in [5.41, 5.74) is 1.67. The van der Waals surface area contributed by atoms with Gasteiger partial charge in [0.15, 0.2) is 6.10 Å². The predicted octanol–water partition coefficient (Wildman–Crippen LogP) is 3.87. The molecule has 0 radical (unpaired) electrons. The number of carbonyl (C=O) groups excluding carboxylic acids is 1. The lowest BCUT2D eigenvalue weighted by Gasteiger charge is -2.38. The van der Waals surface area contributed by atoms with Gasteiger partial charge in [0, 0.05) is 36.6 Å². The van der Waals surface area contributed by atoms with Gasteiger partial charge < -0.3 is 14.9 Å². The highest BCUT2D eigenvalue weighted by molar-refractivity contribution is 6.39. The molecular weight excluding hydrogens is 421 g/mol. The second-order valence-corrected chi connectivity index (χ2v) is 8.19. The fraction of sp³-hybridized carbons (Fsp3) is 0.391. The molecule has 6 nitrogen and oxygen atoms in total. The van der Waals surface area contributed by atoms with Gasteiger partial charge in [0.1, 0.15) is 11.5 Å². The Morgan fingerprint density at radius 2 is 2.10 bits per heavy atom. The van der Waals surface area contributed by atoms with E-state index < -0.39 is 11.9 Å². The Kier molecular flexibility index (Phi) is 6.85. The summed E-state index contributed by atoms with van der Waals surface area (Å²) in [6.07, 6.45) is 0.117. The van der Waals surface area contributed by atoms with Crippen molar-refractivity contribution in [2.24, 2.45) is 5.16 Å². The molecule has 1 fully saturated rings. The van der Waals surface area contributed by atoms with Gasteiger partial charge in [-0.3, -0.25) is 9.69 Å². The predicted molar refractivity (Wildman–Crippen MR) is 116 cm³/mol. The summed E-state index contributed by atoms with van der Waals surface area (Å²) in [6, 6.07) is 13.9. The van der Waals surface area contributed by atoms with Crippen LogP contribution in [0.3, 0.4) is 0 Å². The van der Waals surface area contributed by atoms with Crippen LogP contribution in [0.25, 0.3) is 0 Å². The molecule has 1 N–H and O–H groups in total. The number of amides is 1. The molecule has 0 unspecified atom stereocenters. The summed E-state index contributed by atoms with van der Waals surface area (Å²) in [4.78, 5) is 20.3.